The van der Waals surface area contributed by atoms with Crippen LogP contribution in [0.25, 0.3) is 0 Å². The lowest BCUT2D eigenvalue weighted by atomic mass is 9.88. The van der Waals surface area contributed by atoms with E-state index in [1.165, 1.54) is 12.1 Å². The highest BCUT2D eigenvalue weighted by Crippen LogP contribution is 2.34. The van der Waals surface area contributed by atoms with Crippen molar-refractivity contribution in [1.82, 2.24) is 10.2 Å². The van der Waals surface area contributed by atoms with E-state index in [2.05, 4.69) is 19.2 Å². The van der Waals surface area contributed by atoms with E-state index in [-0.39, 0.29) is 34.9 Å². The van der Waals surface area contributed by atoms with Gasteiger partial charge < -0.3 is 10.2 Å². The number of amides is 2. The van der Waals surface area contributed by atoms with Gasteiger partial charge in [0.25, 0.3) is 0 Å². The second-order valence-electron chi connectivity index (χ2n) is 9.27. The lowest BCUT2D eigenvalue weighted by molar-refractivity contribution is -0.132. The molecular weight excluding hydrogens is 343 g/mol. The number of hydrogen-bond acceptors (Lipinski definition) is 2. The molecule has 150 valence electrons. The van der Waals surface area contributed by atoms with Gasteiger partial charge in [0.1, 0.15) is 5.82 Å². The average Bonchev–Trinajstić information content (AvgIpc) is 2.99. The van der Waals surface area contributed by atoms with Gasteiger partial charge in [-0.15, -0.1) is 0 Å². The number of halogens is 1. The number of rotatable bonds is 6. The summed E-state index contributed by atoms with van der Waals surface area (Å²) in [7, 11) is 0. The largest absolute Gasteiger partial charge is 0.356 e. The van der Waals surface area contributed by atoms with Crippen molar-refractivity contribution in [3.05, 3.63) is 35.6 Å². The van der Waals surface area contributed by atoms with Crippen LogP contribution < -0.4 is 5.32 Å². The summed E-state index contributed by atoms with van der Waals surface area (Å²) in [4.78, 5) is 27.3. The van der Waals surface area contributed by atoms with E-state index in [4.69, 9.17) is 0 Å². The molecule has 2 atom stereocenters. The van der Waals surface area contributed by atoms with Gasteiger partial charge in [0.05, 0.1) is 5.92 Å². The quantitative estimate of drug-likeness (QED) is 0.817. The molecule has 1 N–H and O–H groups in total. The Morgan fingerprint density at radius 2 is 1.81 bits per heavy atom. The zero-order chi connectivity index (χ0) is 20.2. The van der Waals surface area contributed by atoms with Crippen molar-refractivity contribution in [3.8, 4) is 0 Å². The van der Waals surface area contributed by atoms with Gasteiger partial charge in [-0.25, -0.2) is 4.39 Å². The maximum absolute atomic E-state index is 13.3. The fourth-order valence-corrected chi connectivity index (χ4v) is 3.50. The number of nitrogens with zero attached hydrogens (tertiary/aromatic N) is 1. The zero-order valence-corrected chi connectivity index (χ0v) is 17.2. The van der Waals surface area contributed by atoms with Crippen LogP contribution in [0, 0.1) is 23.1 Å². The minimum Gasteiger partial charge on any atom is -0.356 e. The first-order chi connectivity index (χ1) is 12.6. The molecule has 1 aliphatic heterocycles. The van der Waals surface area contributed by atoms with E-state index in [0.29, 0.717) is 32.0 Å². The first-order valence-electron chi connectivity index (χ1n) is 9.88. The molecule has 0 aliphatic carbocycles. The fourth-order valence-electron chi connectivity index (χ4n) is 3.50. The Morgan fingerprint density at radius 1 is 1.19 bits per heavy atom. The Bertz CT molecular complexity index is 649. The average molecular weight is 377 g/mol. The summed E-state index contributed by atoms with van der Waals surface area (Å²) in [5, 5.41) is 3.02. The molecule has 0 bridgehead atoms. The van der Waals surface area contributed by atoms with Crippen molar-refractivity contribution in [2.24, 2.45) is 17.3 Å². The summed E-state index contributed by atoms with van der Waals surface area (Å²) >= 11 is 0. The van der Waals surface area contributed by atoms with Gasteiger partial charge in [0.15, 0.2) is 0 Å². The van der Waals surface area contributed by atoms with E-state index in [9.17, 15) is 14.0 Å². The van der Waals surface area contributed by atoms with Crippen LogP contribution in [0.2, 0.25) is 0 Å². The van der Waals surface area contributed by atoms with Crippen molar-refractivity contribution in [1.29, 1.82) is 0 Å². The highest BCUT2D eigenvalue weighted by Gasteiger charge is 2.40. The van der Waals surface area contributed by atoms with Crippen LogP contribution in [0.3, 0.4) is 0 Å². The van der Waals surface area contributed by atoms with Gasteiger partial charge >= 0.3 is 0 Å². The third kappa shape index (κ3) is 6.33. The maximum Gasteiger partial charge on any atom is 0.225 e. The third-order valence-electron chi connectivity index (χ3n) is 5.01. The van der Waals surface area contributed by atoms with Crippen LogP contribution in [0.4, 0.5) is 4.39 Å². The lowest BCUT2D eigenvalue weighted by Gasteiger charge is -2.23. The number of carbonyl (C=O) groups excluding carboxylic acids is 2. The molecule has 1 heterocycles. The van der Waals surface area contributed by atoms with Gasteiger partial charge in [-0.05, 0) is 35.4 Å². The normalized spacial score (nSPS) is 20.2. The zero-order valence-electron chi connectivity index (χ0n) is 17.2. The molecule has 4 nitrogen and oxygen atoms in total. The second kappa shape index (κ2) is 8.85. The minimum atomic E-state index is -0.299. The Balaban J connectivity index is 2.15. The summed E-state index contributed by atoms with van der Waals surface area (Å²) in [5.41, 5.74) is 0.812. The van der Waals surface area contributed by atoms with E-state index >= 15 is 0 Å². The van der Waals surface area contributed by atoms with Gasteiger partial charge in [-0.2, -0.15) is 0 Å². The molecule has 0 aromatic heterocycles. The van der Waals surface area contributed by atoms with Crippen LogP contribution in [0.15, 0.2) is 24.3 Å². The summed E-state index contributed by atoms with van der Waals surface area (Å²) in [6.45, 7) is 11.9. The fraction of sp³-hybridized carbons (Fsp3) is 0.636. The van der Waals surface area contributed by atoms with E-state index in [0.717, 1.165) is 12.0 Å². The molecule has 1 saturated heterocycles. The first kappa shape index (κ1) is 21.4. The lowest BCUT2D eigenvalue weighted by Crippen LogP contribution is -2.36. The topological polar surface area (TPSA) is 49.4 Å². The predicted octanol–water partition coefficient (Wildman–Crippen LogP) is 3.97. The number of benzene rings is 1. The molecular formula is C22H33FN2O2. The van der Waals surface area contributed by atoms with Crippen LogP contribution in [-0.4, -0.2) is 36.3 Å². The molecule has 0 radical (unpaired) electrons. The number of nitrogens with one attached hydrogen (secondary N) is 1. The smallest absolute Gasteiger partial charge is 0.225 e. The summed E-state index contributed by atoms with van der Waals surface area (Å²) in [6.07, 6.45) is 1.37. The second-order valence-corrected chi connectivity index (χ2v) is 9.27. The summed E-state index contributed by atoms with van der Waals surface area (Å²) < 4.78 is 13.3. The summed E-state index contributed by atoms with van der Waals surface area (Å²) in [6, 6.07) is 6.30. The standard InChI is InChI=1S/C22H33FN2O2/c1-15(2)10-11-24-21(27)19-14-25(20(26)12-22(3,4)5)13-18(19)16-6-8-17(23)9-7-16/h6-9,15,18-19H,10-14H2,1-5H3,(H,24,27)/t18-,19+/m1/s1. The van der Waals surface area contributed by atoms with Gasteiger partial charge in [0, 0.05) is 32.0 Å². The molecule has 2 amide bonds. The van der Waals surface area contributed by atoms with Crippen molar-refractivity contribution < 1.29 is 14.0 Å². The summed E-state index contributed by atoms with van der Waals surface area (Å²) in [5.74, 6) is -0.120. The number of likely N-dealkylation sites (tertiary alicyclic amines) is 1. The first-order valence-corrected chi connectivity index (χ1v) is 9.88. The molecule has 1 aliphatic rings. The SMILES string of the molecule is CC(C)CCNC(=O)[C@H]1CN(C(=O)CC(C)(C)C)C[C@@H]1c1ccc(F)cc1. The molecule has 0 saturated carbocycles. The number of carbonyl (C=O) groups is 2. The van der Waals surface area contributed by atoms with Crippen LogP contribution in [0.5, 0.6) is 0 Å². The van der Waals surface area contributed by atoms with Gasteiger partial charge in [-0.3, -0.25) is 9.59 Å². The highest BCUT2D eigenvalue weighted by molar-refractivity contribution is 5.83. The minimum absolute atomic E-state index is 0.0176. The molecule has 2 rings (SSSR count). The van der Waals surface area contributed by atoms with Crippen LogP contribution in [-0.2, 0) is 9.59 Å². The van der Waals surface area contributed by atoms with E-state index in [1.807, 2.05) is 20.8 Å². The predicted molar refractivity (Wildman–Crippen MR) is 106 cm³/mol. The Hall–Kier alpha value is -1.91. The molecule has 1 aromatic rings. The van der Waals surface area contributed by atoms with Crippen molar-refractivity contribution >= 4 is 11.8 Å². The van der Waals surface area contributed by atoms with Crippen molar-refractivity contribution in [2.45, 2.75) is 53.4 Å². The molecule has 0 spiro atoms. The maximum atomic E-state index is 13.3. The molecule has 5 heteroatoms. The highest BCUT2D eigenvalue weighted by atomic mass is 19.1. The Labute approximate surface area is 162 Å². The Kier molecular flexibility index (Phi) is 7.01. The van der Waals surface area contributed by atoms with Gasteiger partial charge in [-0.1, -0.05) is 46.8 Å². The Morgan fingerprint density at radius 3 is 2.37 bits per heavy atom. The van der Waals surface area contributed by atoms with Crippen LogP contribution >= 0.6 is 0 Å². The molecule has 0 unspecified atom stereocenters. The van der Waals surface area contributed by atoms with Crippen molar-refractivity contribution in [2.75, 3.05) is 19.6 Å². The monoisotopic (exact) mass is 376 g/mol. The van der Waals surface area contributed by atoms with Gasteiger partial charge in [0.2, 0.25) is 11.8 Å². The van der Waals surface area contributed by atoms with Crippen molar-refractivity contribution in [3.63, 3.8) is 0 Å². The third-order valence-corrected chi connectivity index (χ3v) is 5.01. The van der Waals surface area contributed by atoms with E-state index < -0.39 is 0 Å². The molecule has 1 fully saturated rings. The molecule has 27 heavy (non-hydrogen) atoms. The number of hydrogen-bond donors (Lipinski definition) is 1. The van der Waals surface area contributed by atoms with Crippen LogP contribution in [0.1, 0.15) is 58.9 Å². The molecule has 1 aromatic carbocycles. The van der Waals surface area contributed by atoms with E-state index in [1.54, 1.807) is 17.0 Å².